The van der Waals surface area contributed by atoms with Crippen LogP contribution in [-0.2, 0) is 6.54 Å². The Hall–Kier alpha value is -3.02. The summed E-state index contributed by atoms with van der Waals surface area (Å²) in [7, 11) is 0. The maximum atomic E-state index is 13.1. The number of hydrogen-bond acceptors (Lipinski definition) is 5. The molecule has 0 aliphatic rings. The molecule has 0 bridgehead atoms. The average Bonchev–Trinajstić information content (AvgIpc) is 2.54. The van der Waals surface area contributed by atoms with Crippen molar-refractivity contribution in [2.75, 3.05) is 10.6 Å². The third-order valence-electron chi connectivity index (χ3n) is 2.96. The number of nitrogens with one attached hydrogen (secondary N) is 2. The first-order valence-electron chi connectivity index (χ1n) is 6.80. The summed E-state index contributed by atoms with van der Waals surface area (Å²) >= 11 is 0. The molecule has 0 amide bonds. The zero-order valence-corrected chi connectivity index (χ0v) is 11.7. The fraction of sp³-hybridized carbons (Fsp3) is 0.0625. The van der Waals surface area contributed by atoms with Crippen LogP contribution in [0.25, 0.3) is 0 Å². The molecule has 0 saturated heterocycles. The van der Waals surface area contributed by atoms with Crippen molar-refractivity contribution in [2.45, 2.75) is 6.54 Å². The highest BCUT2D eigenvalue weighted by atomic mass is 19.1. The fourth-order valence-electron chi connectivity index (χ4n) is 1.93. The molecule has 0 saturated carbocycles. The van der Waals surface area contributed by atoms with E-state index in [1.807, 2.05) is 30.3 Å². The molecule has 5 nitrogen and oxygen atoms in total. The summed E-state index contributed by atoms with van der Waals surface area (Å²) in [4.78, 5) is 4.29. The van der Waals surface area contributed by atoms with Gasteiger partial charge in [0.2, 0.25) is 5.95 Å². The number of anilines is 3. The molecule has 0 aliphatic heterocycles. The van der Waals surface area contributed by atoms with Crippen LogP contribution in [0.3, 0.4) is 0 Å². The number of rotatable bonds is 5. The standard InChI is InChI=1S/C16H14FN5/c17-13-7-4-8-14(9-13)20-16-21-15(11-19-22-16)18-10-12-5-2-1-3-6-12/h1-9,11H,10H2,(H2,18,20,21,22). The fourth-order valence-corrected chi connectivity index (χ4v) is 1.93. The van der Waals surface area contributed by atoms with Crippen molar-refractivity contribution in [1.82, 2.24) is 15.2 Å². The predicted molar refractivity (Wildman–Crippen MR) is 83.3 cm³/mol. The van der Waals surface area contributed by atoms with Gasteiger partial charge < -0.3 is 10.6 Å². The quantitative estimate of drug-likeness (QED) is 0.755. The van der Waals surface area contributed by atoms with E-state index >= 15 is 0 Å². The highest BCUT2D eigenvalue weighted by Crippen LogP contribution is 2.14. The third-order valence-corrected chi connectivity index (χ3v) is 2.96. The molecule has 1 heterocycles. The highest BCUT2D eigenvalue weighted by molar-refractivity contribution is 5.53. The summed E-state index contributed by atoms with van der Waals surface area (Å²) in [5, 5.41) is 13.9. The van der Waals surface area contributed by atoms with Crippen molar-refractivity contribution in [3.05, 3.63) is 72.2 Å². The SMILES string of the molecule is Fc1cccc(Nc2nncc(NCc3ccccc3)n2)c1. The van der Waals surface area contributed by atoms with Gasteiger partial charge >= 0.3 is 0 Å². The summed E-state index contributed by atoms with van der Waals surface area (Å²) in [5.74, 6) is 0.581. The molecule has 22 heavy (non-hydrogen) atoms. The van der Waals surface area contributed by atoms with Gasteiger partial charge in [0.15, 0.2) is 5.82 Å². The van der Waals surface area contributed by atoms with Gasteiger partial charge in [0.1, 0.15) is 5.82 Å². The Kier molecular flexibility index (Phi) is 4.20. The number of benzene rings is 2. The maximum Gasteiger partial charge on any atom is 0.249 e. The molecule has 2 aromatic carbocycles. The Morgan fingerprint density at radius 2 is 1.86 bits per heavy atom. The minimum Gasteiger partial charge on any atom is -0.365 e. The lowest BCUT2D eigenvalue weighted by Gasteiger charge is -2.07. The second kappa shape index (κ2) is 6.62. The van der Waals surface area contributed by atoms with Crippen molar-refractivity contribution in [1.29, 1.82) is 0 Å². The number of nitrogens with zero attached hydrogens (tertiary/aromatic N) is 3. The van der Waals surface area contributed by atoms with Crippen LogP contribution >= 0.6 is 0 Å². The summed E-state index contributed by atoms with van der Waals surface area (Å²) in [6.07, 6.45) is 1.54. The van der Waals surface area contributed by atoms with Crippen molar-refractivity contribution < 1.29 is 4.39 Å². The lowest BCUT2D eigenvalue weighted by atomic mass is 10.2. The van der Waals surface area contributed by atoms with Crippen LogP contribution in [0.2, 0.25) is 0 Å². The van der Waals surface area contributed by atoms with Crippen LogP contribution in [0.5, 0.6) is 0 Å². The van der Waals surface area contributed by atoms with Gasteiger partial charge in [-0.1, -0.05) is 36.4 Å². The molecule has 3 rings (SSSR count). The topological polar surface area (TPSA) is 62.7 Å². The van der Waals surface area contributed by atoms with E-state index in [1.165, 1.54) is 12.1 Å². The van der Waals surface area contributed by atoms with Crippen molar-refractivity contribution >= 4 is 17.5 Å². The van der Waals surface area contributed by atoms with Crippen molar-refractivity contribution in [3.63, 3.8) is 0 Å². The first kappa shape index (κ1) is 13.9. The third kappa shape index (κ3) is 3.76. The molecule has 0 atom stereocenters. The smallest absolute Gasteiger partial charge is 0.249 e. The van der Waals surface area contributed by atoms with Crippen LogP contribution in [0.1, 0.15) is 5.56 Å². The summed E-state index contributed by atoms with van der Waals surface area (Å²) in [5.41, 5.74) is 1.71. The lowest BCUT2D eigenvalue weighted by molar-refractivity contribution is 0.628. The van der Waals surface area contributed by atoms with E-state index in [-0.39, 0.29) is 5.82 Å². The minimum atomic E-state index is -0.323. The molecule has 3 aromatic rings. The molecule has 0 unspecified atom stereocenters. The lowest BCUT2D eigenvalue weighted by Crippen LogP contribution is -2.05. The Morgan fingerprint density at radius 1 is 1.00 bits per heavy atom. The molecule has 0 radical (unpaired) electrons. The molecule has 2 N–H and O–H groups in total. The number of hydrogen-bond donors (Lipinski definition) is 2. The Morgan fingerprint density at radius 3 is 2.68 bits per heavy atom. The second-order valence-electron chi connectivity index (χ2n) is 4.64. The van der Waals surface area contributed by atoms with E-state index in [0.717, 1.165) is 5.56 Å². The van der Waals surface area contributed by atoms with Gasteiger partial charge in [0, 0.05) is 12.2 Å². The zero-order valence-electron chi connectivity index (χ0n) is 11.7. The molecule has 110 valence electrons. The first-order valence-corrected chi connectivity index (χ1v) is 6.80. The van der Waals surface area contributed by atoms with Crippen LogP contribution in [0.4, 0.5) is 21.8 Å². The molecular formula is C16H14FN5. The molecule has 1 aromatic heterocycles. The predicted octanol–water partition coefficient (Wildman–Crippen LogP) is 3.37. The van der Waals surface area contributed by atoms with Gasteiger partial charge in [-0.2, -0.15) is 10.1 Å². The summed E-state index contributed by atoms with van der Waals surface area (Å²) < 4.78 is 13.1. The Labute approximate surface area is 127 Å². The van der Waals surface area contributed by atoms with Gasteiger partial charge in [-0.05, 0) is 23.8 Å². The van der Waals surface area contributed by atoms with Gasteiger partial charge in [-0.25, -0.2) is 4.39 Å². The van der Waals surface area contributed by atoms with E-state index in [9.17, 15) is 4.39 Å². The molecule has 6 heteroatoms. The number of halogens is 1. The molecule has 0 aliphatic carbocycles. The van der Waals surface area contributed by atoms with E-state index in [4.69, 9.17) is 0 Å². The summed E-state index contributed by atoms with van der Waals surface area (Å²) in [6.45, 7) is 0.638. The first-order chi connectivity index (χ1) is 10.8. The van der Waals surface area contributed by atoms with Crippen LogP contribution < -0.4 is 10.6 Å². The van der Waals surface area contributed by atoms with E-state index in [0.29, 0.717) is 24.0 Å². The second-order valence-corrected chi connectivity index (χ2v) is 4.64. The minimum absolute atomic E-state index is 0.309. The van der Waals surface area contributed by atoms with Crippen LogP contribution in [-0.4, -0.2) is 15.2 Å². The molecule has 0 fully saturated rings. The maximum absolute atomic E-state index is 13.1. The Bertz CT molecular complexity index is 748. The van der Waals surface area contributed by atoms with Crippen molar-refractivity contribution in [2.24, 2.45) is 0 Å². The average molecular weight is 295 g/mol. The van der Waals surface area contributed by atoms with E-state index < -0.39 is 0 Å². The monoisotopic (exact) mass is 295 g/mol. The van der Waals surface area contributed by atoms with E-state index in [2.05, 4.69) is 25.8 Å². The summed E-state index contributed by atoms with van der Waals surface area (Å²) in [6, 6.07) is 16.1. The van der Waals surface area contributed by atoms with Gasteiger partial charge in [-0.15, -0.1) is 5.10 Å². The van der Waals surface area contributed by atoms with Gasteiger partial charge in [-0.3, -0.25) is 0 Å². The molecule has 0 spiro atoms. The Balaban J connectivity index is 1.67. The zero-order chi connectivity index (χ0) is 15.2. The van der Waals surface area contributed by atoms with Crippen molar-refractivity contribution in [3.8, 4) is 0 Å². The number of aromatic nitrogens is 3. The highest BCUT2D eigenvalue weighted by Gasteiger charge is 2.02. The van der Waals surface area contributed by atoms with Crippen LogP contribution in [0, 0.1) is 5.82 Å². The largest absolute Gasteiger partial charge is 0.365 e. The van der Waals surface area contributed by atoms with Crippen LogP contribution in [0.15, 0.2) is 60.8 Å². The van der Waals surface area contributed by atoms with E-state index in [1.54, 1.807) is 18.3 Å². The normalized spacial score (nSPS) is 10.2. The van der Waals surface area contributed by atoms with Gasteiger partial charge in [0.05, 0.1) is 6.20 Å². The van der Waals surface area contributed by atoms with Gasteiger partial charge in [0.25, 0.3) is 0 Å². The molecular weight excluding hydrogens is 281 g/mol.